The quantitative estimate of drug-likeness (QED) is 0.180. The fourth-order valence-corrected chi connectivity index (χ4v) is 2.74. The van der Waals surface area contributed by atoms with E-state index in [0.717, 1.165) is 0 Å². The molecule has 3 amide bonds. The fraction of sp³-hybridized carbons (Fsp3) is 0.350. The molecule has 1 aromatic carbocycles. The van der Waals surface area contributed by atoms with Gasteiger partial charge in [0.15, 0.2) is 0 Å². The van der Waals surface area contributed by atoms with Crippen LogP contribution >= 0.6 is 0 Å². The minimum Gasteiger partial charge on any atom is -0.481 e. The topological polar surface area (TPSA) is 234 Å². The Labute approximate surface area is 192 Å². The van der Waals surface area contributed by atoms with E-state index in [1.807, 2.05) is 0 Å². The molecule has 2 aromatic rings. The molecule has 0 spiro atoms. The van der Waals surface area contributed by atoms with Gasteiger partial charge in [-0.3, -0.25) is 29.1 Å². The number of aliphatic hydroxyl groups excluding tert-OH is 1. The van der Waals surface area contributed by atoms with Gasteiger partial charge in [-0.2, -0.15) is 0 Å². The van der Waals surface area contributed by atoms with Crippen LogP contribution in [0.4, 0.5) is 0 Å². The lowest BCUT2D eigenvalue weighted by molar-refractivity contribution is -0.143. The lowest BCUT2D eigenvalue weighted by Crippen LogP contribution is -2.58. The second kappa shape index (κ2) is 11.6. The van der Waals surface area contributed by atoms with Crippen LogP contribution in [0.3, 0.4) is 0 Å². The molecule has 2 rings (SSSR count). The molecule has 14 heteroatoms. The Morgan fingerprint density at radius 3 is 2.18 bits per heavy atom. The first-order valence-corrected chi connectivity index (χ1v) is 9.97. The number of benzene rings is 1. The molecule has 0 saturated heterocycles. The fourth-order valence-electron chi connectivity index (χ4n) is 2.74. The Balaban J connectivity index is 2.06. The number of aliphatic carboxylic acids is 2. The zero-order chi connectivity index (χ0) is 25.4. The van der Waals surface area contributed by atoms with Crippen LogP contribution in [0.1, 0.15) is 23.7 Å². The number of carboxylic acid groups (broad SMARTS) is 2. The summed E-state index contributed by atoms with van der Waals surface area (Å²) in [5, 5.41) is 34.3. The predicted molar refractivity (Wildman–Crippen MR) is 115 cm³/mol. The molecule has 4 atom stereocenters. The maximum atomic E-state index is 12.5. The van der Waals surface area contributed by atoms with E-state index in [9.17, 15) is 34.2 Å². The van der Waals surface area contributed by atoms with E-state index < -0.39 is 66.9 Å². The number of fused-ring (bicyclic) bond motifs is 1. The maximum Gasteiger partial charge on any atom is 0.328 e. The van der Waals surface area contributed by atoms with E-state index in [-0.39, 0.29) is 5.56 Å². The smallest absolute Gasteiger partial charge is 0.328 e. The van der Waals surface area contributed by atoms with Crippen LogP contribution in [0.5, 0.6) is 0 Å². The van der Waals surface area contributed by atoms with Crippen molar-refractivity contribution >= 4 is 40.7 Å². The van der Waals surface area contributed by atoms with Crippen molar-refractivity contribution in [2.24, 2.45) is 5.73 Å². The molecule has 4 unspecified atom stereocenters. The molecule has 34 heavy (non-hydrogen) atoms. The molecule has 0 aliphatic rings. The molecule has 0 fully saturated rings. The highest BCUT2D eigenvalue weighted by atomic mass is 16.4. The van der Waals surface area contributed by atoms with Crippen molar-refractivity contribution in [1.29, 1.82) is 0 Å². The van der Waals surface area contributed by atoms with E-state index in [1.54, 1.807) is 6.07 Å². The van der Waals surface area contributed by atoms with Gasteiger partial charge in [0, 0.05) is 24.5 Å². The Bertz CT molecular complexity index is 1090. The summed E-state index contributed by atoms with van der Waals surface area (Å²) in [4.78, 5) is 67.8. The van der Waals surface area contributed by atoms with Crippen molar-refractivity contribution < 1.29 is 39.3 Å². The molecular formula is C20H24N6O8. The summed E-state index contributed by atoms with van der Waals surface area (Å²) in [5.41, 5.74) is 6.64. The normalized spacial score (nSPS) is 14.3. The number of aromatic nitrogens is 2. The number of nitrogens with zero attached hydrogens (tertiary/aromatic N) is 2. The zero-order valence-corrected chi connectivity index (χ0v) is 18.0. The van der Waals surface area contributed by atoms with Crippen LogP contribution in [0.2, 0.25) is 0 Å². The summed E-state index contributed by atoms with van der Waals surface area (Å²) in [6, 6.07) is -0.280. The molecule has 0 saturated carbocycles. The monoisotopic (exact) mass is 476 g/mol. The number of amides is 3. The van der Waals surface area contributed by atoms with Crippen molar-refractivity contribution in [1.82, 2.24) is 25.9 Å². The third kappa shape index (κ3) is 7.18. The molecule has 0 radical (unpaired) electrons. The molecule has 0 aliphatic heterocycles. The molecule has 1 aromatic heterocycles. The molecule has 0 bridgehead atoms. The summed E-state index contributed by atoms with van der Waals surface area (Å²) in [6.45, 7) is 0.682. The first-order chi connectivity index (χ1) is 16.0. The van der Waals surface area contributed by atoms with E-state index in [4.69, 9.17) is 10.8 Å². The molecule has 0 aliphatic carbocycles. The first-order valence-electron chi connectivity index (χ1n) is 9.97. The van der Waals surface area contributed by atoms with Gasteiger partial charge in [0.05, 0.1) is 23.6 Å². The lowest BCUT2D eigenvalue weighted by Gasteiger charge is -2.22. The third-order valence-corrected chi connectivity index (χ3v) is 4.65. The number of carboxylic acids is 2. The Morgan fingerprint density at radius 1 is 0.971 bits per heavy atom. The van der Waals surface area contributed by atoms with Crippen LogP contribution < -0.4 is 21.7 Å². The van der Waals surface area contributed by atoms with Crippen LogP contribution in [-0.2, 0) is 19.2 Å². The highest BCUT2D eigenvalue weighted by Gasteiger charge is 2.30. The summed E-state index contributed by atoms with van der Waals surface area (Å²) in [5.74, 6) is -5.75. The molecular weight excluding hydrogens is 452 g/mol. The number of aliphatic hydroxyl groups is 1. The minimum absolute atomic E-state index is 0.173. The average Bonchev–Trinajstić information content (AvgIpc) is 2.79. The predicted octanol–water partition coefficient (Wildman–Crippen LogP) is -2.40. The van der Waals surface area contributed by atoms with Crippen molar-refractivity contribution in [3.63, 3.8) is 0 Å². The highest BCUT2D eigenvalue weighted by Crippen LogP contribution is 2.10. The van der Waals surface area contributed by atoms with E-state index in [0.29, 0.717) is 11.0 Å². The van der Waals surface area contributed by atoms with Gasteiger partial charge in [0.25, 0.3) is 5.91 Å². The van der Waals surface area contributed by atoms with Gasteiger partial charge in [-0.15, -0.1) is 0 Å². The number of carbonyl (C=O) groups is 5. The van der Waals surface area contributed by atoms with Gasteiger partial charge >= 0.3 is 11.9 Å². The van der Waals surface area contributed by atoms with Gasteiger partial charge in [0.2, 0.25) is 11.8 Å². The van der Waals surface area contributed by atoms with Gasteiger partial charge in [-0.05, 0) is 25.1 Å². The summed E-state index contributed by atoms with van der Waals surface area (Å²) < 4.78 is 0. The Kier molecular flexibility index (Phi) is 8.92. The second-order valence-electron chi connectivity index (χ2n) is 7.29. The van der Waals surface area contributed by atoms with Crippen LogP contribution in [0.25, 0.3) is 11.0 Å². The number of carbonyl (C=O) groups excluding carboxylic acids is 3. The number of nitrogens with two attached hydrogens (primary N) is 1. The summed E-state index contributed by atoms with van der Waals surface area (Å²) in [6.07, 6.45) is 0.776. The maximum absolute atomic E-state index is 12.5. The number of hydrogen-bond acceptors (Lipinski definition) is 9. The van der Waals surface area contributed by atoms with Gasteiger partial charge in [0.1, 0.15) is 18.1 Å². The van der Waals surface area contributed by atoms with E-state index in [1.165, 1.54) is 31.5 Å². The van der Waals surface area contributed by atoms with Gasteiger partial charge in [-0.1, -0.05) is 0 Å². The van der Waals surface area contributed by atoms with Crippen LogP contribution in [0, 0.1) is 0 Å². The van der Waals surface area contributed by atoms with Crippen molar-refractivity contribution in [3.05, 3.63) is 36.2 Å². The van der Waals surface area contributed by atoms with Crippen molar-refractivity contribution in [2.45, 2.75) is 37.6 Å². The van der Waals surface area contributed by atoms with Crippen LogP contribution in [0.15, 0.2) is 30.6 Å². The average molecular weight is 476 g/mol. The Morgan fingerprint density at radius 2 is 1.59 bits per heavy atom. The Hall–Kier alpha value is -4.17. The summed E-state index contributed by atoms with van der Waals surface area (Å²) in [7, 11) is 0. The van der Waals surface area contributed by atoms with Crippen molar-refractivity contribution in [2.75, 3.05) is 6.54 Å². The first kappa shape index (κ1) is 26.1. The summed E-state index contributed by atoms with van der Waals surface area (Å²) >= 11 is 0. The second-order valence-corrected chi connectivity index (χ2v) is 7.29. The highest BCUT2D eigenvalue weighted by molar-refractivity contribution is 5.98. The van der Waals surface area contributed by atoms with E-state index in [2.05, 4.69) is 25.9 Å². The largest absolute Gasteiger partial charge is 0.481 e. The molecule has 14 nitrogen and oxygen atoms in total. The minimum atomic E-state index is -1.67. The molecule has 1 heterocycles. The number of rotatable bonds is 11. The van der Waals surface area contributed by atoms with Gasteiger partial charge < -0.3 is 37.0 Å². The van der Waals surface area contributed by atoms with Gasteiger partial charge in [-0.25, -0.2) is 4.79 Å². The van der Waals surface area contributed by atoms with Crippen LogP contribution in [-0.4, -0.2) is 85.7 Å². The zero-order valence-electron chi connectivity index (χ0n) is 18.0. The van der Waals surface area contributed by atoms with E-state index >= 15 is 0 Å². The van der Waals surface area contributed by atoms with Crippen molar-refractivity contribution in [3.8, 4) is 0 Å². The molecule has 8 N–H and O–H groups in total. The SMILES string of the molecule is CC(O)C(N)C(=O)NC(CC(=O)O)C(=O)NC(CNC(=O)c1ccc2nccnc2c1)C(=O)O. The standard InChI is InChI=1S/C20H24N6O8/c1-9(27)16(21)19(32)25-13(7-15(28)29)18(31)26-14(20(33)34)8-24-17(30)10-2-3-11-12(6-10)23-5-4-22-11/h2-6,9,13-14,16,27H,7-8,21H2,1H3,(H,24,30)(H,25,32)(H,26,31)(H,28,29)(H,33,34). The number of hydrogen-bond donors (Lipinski definition) is 7. The lowest BCUT2D eigenvalue weighted by atomic mass is 10.1. The molecule has 182 valence electrons. The number of nitrogens with one attached hydrogen (secondary N) is 3. The third-order valence-electron chi connectivity index (χ3n) is 4.65.